The molecule has 116 valence electrons. The highest BCUT2D eigenvalue weighted by molar-refractivity contribution is 6.08. The van der Waals surface area contributed by atoms with Crippen LogP contribution in [-0.4, -0.2) is 33.2 Å². The monoisotopic (exact) mass is 307 g/mol. The summed E-state index contributed by atoms with van der Waals surface area (Å²) in [5, 5.41) is 2.80. The smallest absolute Gasteiger partial charge is 0.374 e. The summed E-state index contributed by atoms with van der Waals surface area (Å²) in [6.07, 6.45) is 0. The molecule has 6 nitrogen and oxygen atoms in total. The Hall–Kier alpha value is -2.83. The van der Waals surface area contributed by atoms with Gasteiger partial charge >= 0.3 is 11.9 Å². The van der Waals surface area contributed by atoms with Gasteiger partial charge in [-0.15, -0.1) is 0 Å². The van der Waals surface area contributed by atoms with Crippen molar-refractivity contribution >= 4 is 17.6 Å². The third-order valence-electron chi connectivity index (χ3n) is 3.02. The first kappa shape index (κ1) is 15.6. The molecule has 0 aliphatic rings. The summed E-state index contributed by atoms with van der Waals surface area (Å²) in [5.41, 5.74) is 0.682. The minimum Gasteiger partial charge on any atom is -0.465 e. The van der Waals surface area contributed by atoms with Crippen LogP contribution in [-0.2, 0) is 9.47 Å². The zero-order valence-corrected chi connectivity index (χ0v) is 12.2. The van der Waals surface area contributed by atoms with Crippen LogP contribution in [0.25, 0.3) is 11.3 Å². The molecule has 0 atom stereocenters. The number of nitrogens with one attached hydrogen (secondary N) is 1. The average Bonchev–Trinajstić information content (AvgIpc) is 2.93. The molecule has 0 fully saturated rings. The summed E-state index contributed by atoms with van der Waals surface area (Å²) in [6.45, 7) is 0. The van der Waals surface area contributed by atoms with E-state index in [4.69, 9.17) is 4.42 Å². The molecule has 22 heavy (non-hydrogen) atoms. The maximum absolute atomic E-state index is 13.0. The molecular weight excluding hydrogens is 293 g/mol. The minimum atomic E-state index is -0.815. The van der Waals surface area contributed by atoms with Crippen LogP contribution in [0.5, 0.6) is 0 Å². The SMILES string of the molecule is CNc1c(-c2ccc(F)cc2)oc(C(=O)OC)c1C(=O)OC. The van der Waals surface area contributed by atoms with E-state index in [-0.39, 0.29) is 22.8 Å². The van der Waals surface area contributed by atoms with Crippen LogP contribution in [0.2, 0.25) is 0 Å². The Labute approximate surface area is 125 Å². The van der Waals surface area contributed by atoms with Crippen LogP contribution < -0.4 is 5.32 Å². The van der Waals surface area contributed by atoms with Crippen LogP contribution in [0, 0.1) is 5.82 Å². The summed E-state index contributed by atoms with van der Waals surface area (Å²) in [4.78, 5) is 23.8. The zero-order chi connectivity index (χ0) is 16.3. The molecule has 0 aliphatic heterocycles. The van der Waals surface area contributed by atoms with Crippen molar-refractivity contribution in [3.63, 3.8) is 0 Å². The maximum Gasteiger partial charge on any atom is 0.374 e. The fraction of sp³-hybridized carbons (Fsp3) is 0.200. The van der Waals surface area contributed by atoms with Crippen molar-refractivity contribution in [3.05, 3.63) is 41.4 Å². The molecule has 2 rings (SSSR count). The molecule has 1 heterocycles. The van der Waals surface area contributed by atoms with E-state index in [9.17, 15) is 14.0 Å². The molecule has 0 radical (unpaired) electrons. The summed E-state index contributed by atoms with van der Waals surface area (Å²) < 4.78 is 27.8. The number of methoxy groups -OCH3 is 2. The van der Waals surface area contributed by atoms with Crippen LogP contribution in [0.4, 0.5) is 10.1 Å². The molecule has 1 aromatic carbocycles. The number of halogens is 1. The van der Waals surface area contributed by atoms with Crippen molar-refractivity contribution in [2.75, 3.05) is 26.6 Å². The van der Waals surface area contributed by atoms with E-state index in [2.05, 4.69) is 14.8 Å². The molecule has 0 amide bonds. The van der Waals surface area contributed by atoms with Crippen molar-refractivity contribution in [2.24, 2.45) is 0 Å². The normalized spacial score (nSPS) is 10.2. The number of hydrogen-bond acceptors (Lipinski definition) is 6. The second-order valence-electron chi connectivity index (χ2n) is 4.25. The van der Waals surface area contributed by atoms with Crippen LogP contribution >= 0.6 is 0 Å². The number of carbonyl (C=O) groups excluding carboxylic acids is 2. The van der Waals surface area contributed by atoms with Crippen molar-refractivity contribution in [3.8, 4) is 11.3 Å². The van der Waals surface area contributed by atoms with Crippen molar-refractivity contribution in [1.82, 2.24) is 0 Å². The average molecular weight is 307 g/mol. The molecule has 1 N–H and O–H groups in total. The Morgan fingerprint density at radius 3 is 2.18 bits per heavy atom. The largest absolute Gasteiger partial charge is 0.465 e. The Bertz CT molecular complexity index is 705. The molecule has 7 heteroatoms. The lowest BCUT2D eigenvalue weighted by Gasteiger charge is -2.04. The highest BCUT2D eigenvalue weighted by atomic mass is 19.1. The van der Waals surface area contributed by atoms with Gasteiger partial charge in [0.25, 0.3) is 0 Å². The summed E-state index contributed by atoms with van der Waals surface area (Å²) in [7, 11) is 3.92. The van der Waals surface area contributed by atoms with Crippen LogP contribution in [0.15, 0.2) is 28.7 Å². The quantitative estimate of drug-likeness (QED) is 0.875. The van der Waals surface area contributed by atoms with Gasteiger partial charge in [-0.1, -0.05) is 0 Å². The van der Waals surface area contributed by atoms with E-state index in [1.54, 1.807) is 7.05 Å². The molecule has 0 bridgehead atoms. The van der Waals surface area contributed by atoms with Gasteiger partial charge in [0.2, 0.25) is 5.76 Å². The third kappa shape index (κ3) is 2.65. The highest BCUT2D eigenvalue weighted by Gasteiger charge is 2.31. The number of benzene rings is 1. The van der Waals surface area contributed by atoms with Gasteiger partial charge in [0, 0.05) is 12.6 Å². The maximum atomic E-state index is 13.0. The molecular formula is C15H14FNO5. The number of rotatable bonds is 4. The minimum absolute atomic E-state index is 0.0730. The molecule has 0 spiro atoms. The second-order valence-corrected chi connectivity index (χ2v) is 4.25. The Morgan fingerprint density at radius 1 is 1.09 bits per heavy atom. The highest BCUT2D eigenvalue weighted by Crippen LogP contribution is 2.36. The van der Waals surface area contributed by atoms with Crippen LogP contribution in [0.1, 0.15) is 20.9 Å². The third-order valence-corrected chi connectivity index (χ3v) is 3.02. The Balaban J connectivity index is 2.69. The van der Waals surface area contributed by atoms with Gasteiger partial charge in [-0.25, -0.2) is 14.0 Å². The topological polar surface area (TPSA) is 77.8 Å². The fourth-order valence-corrected chi connectivity index (χ4v) is 2.01. The van der Waals surface area contributed by atoms with Gasteiger partial charge in [-0.3, -0.25) is 0 Å². The number of anilines is 1. The standard InChI is InChI=1S/C15H14FNO5/c1-17-11-10(14(18)20-2)13(15(19)21-3)22-12(11)8-4-6-9(16)7-5-8/h4-7,17H,1-3H3. The lowest BCUT2D eigenvalue weighted by Crippen LogP contribution is -2.11. The fourth-order valence-electron chi connectivity index (χ4n) is 2.01. The predicted molar refractivity (Wildman–Crippen MR) is 76.3 cm³/mol. The molecule has 0 saturated carbocycles. The van der Waals surface area contributed by atoms with E-state index in [0.29, 0.717) is 5.56 Å². The van der Waals surface area contributed by atoms with Gasteiger partial charge < -0.3 is 19.2 Å². The first-order valence-corrected chi connectivity index (χ1v) is 6.30. The second kappa shape index (κ2) is 6.30. The first-order chi connectivity index (χ1) is 10.5. The molecule has 2 aromatic rings. The Morgan fingerprint density at radius 2 is 1.68 bits per heavy atom. The van der Waals surface area contributed by atoms with Gasteiger partial charge in [0.15, 0.2) is 5.76 Å². The lowest BCUT2D eigenvalue weighted by atomic mass is 10.1. The van der Waals surface area contributed by atoms with E-state index in [1.165, 1.54) is 38.5 Å². The van der Waals surface area contributed by atoms with Gasteiger partial charge in [-0.05, 0) is 24.3 Å². The van der Waals surface area contributed by atoms with Gasteiger partial charge in [0.1, 0.15) is 11.4 Å². The number of esters is 2. The molecule has 0 saturated heterocycles. The molecule has 0 aliphatic carbocycles. The van der Waals surface area contributed by atoms with Crippen LogP contribution in [0.3, 0.4) is 0 Å². The zero-order valence-electron chi connectivity index (χ0n) is 12.2. The summed E-state index contributed by atoms with van der Waals surface area (Å²) in [5.74, 6) is -2.05. The molecule has 1 aromatic heterocycles. The van der Waals surface area contributed by atoms with Crippen molar-refractivity contribution in [2.45, 2.75) is 0 Å². The predicted octanol–water partition coefficient (Wildman–Crippen LogP) is 2.70. The number of carbonyl (C=O) groups is 2. The Kier molecular flexibility index (Phi) is 4.45. The van der Waals surface area contributed by atoms with E-state index >= 15 is 0 Å². The van der Waals surface area contributed by atoms with E-state index < -0.39 is 17.8 Å². The first-order valence-electron chi connectivity index (χ1n) is 6.30. The number of ether oxygens (including phenoxy) is 2. The number of furan rings is 1. The lowest BCUT2D eigenvalue weighted by molar-refractivity contribution is 0.0529. The molecule has 0 unspecified atom stereocenters. The summed E-state index contributed by atoms with van der Waals surface area (Å²) >= 11 is 0. The van der Waals surface area contributed by atoms with E-state index in [1.807, 2.05) is 0 Å². The van der Waals surface area contributed by atoms with Gasteiger partial charge in [0.05, 0.1) is 19.9 Å². The summed E-state index contributed by atoms with van der Waals surface area (Å²) in [6, 6.07) is 5.42. The van der Waals surface area contributed by atoms with E-state index in [0.717, 1.165) is 0 Å². The van der Waals surface area contributed by atoms with Crippen molar-refractivity contribution < 1.29 is 27.9 Å². The number of hydrogen-bond donors (Lipinski definition) is 1. The van der Waals surface area contributed by atoms with Gasteiger partial charge in [-0.2, -0.15) is 0 Å². The van der Waals surface area contributed by atoms with Crippen molar-refractivity contribution in [1.29, 1.82) is 0 Å².